The second-order valence-corrected chi connectivity index (χ2v) is 8.39. The summed E-state index contributed by atoms with van der Waals surface area (Å²) in [4.78, 5) is 22.0. The zero-order chi connectivity index (χ0) is 23.6. The lowest BCUT2D eigenvalue weighted by Gasteiger charge is -2.31. The van der Waals surface area contributed by atoms with Gasteiger partial charge in [-0.1, -0.05) is 0 Å². The van der Waals surface area contributed by atoms with Crippen LogP contribution >= 0.6 is 0 Å². The number of rotatable bonds is 8. The fraction of sp³-hybridized carbons (Fsp3) is 0.619. The Kier molecular flexibility index (Phi) is 6.84. The average Bonchev–Trinajstić information content (AvgIpc) is 3.36. The molecule has 180 valence electrons. The van der Waals surface area contributed by atoms with Crippen molar-refractivity contribution in [1.82, 2.24) is 29.4 Å². The minimum Gasteiger partial charge on any atom is -0.449 e. The molecule has 4 rings (SSSR count). The van der Waals surface area contributed by atoms with Gasteiger partial charge in [0.1, 0.15) is 18.6 Å². The molecule has 1 saturated heterocycles. The number of halogens is 3. The summed E-state index contributed by atoms with van der Waals surface area (Å²) in [6.07, 6.45) is 0.0921. The van der Waals surface area contributed by atoms with Crippen molar-refractivity contribution in [2.45, 2.75) is 44.9 Å². The Morgan fingerprint density at radius 2 is 1.97 bits per heavy atom. The first kappa shape index (κ1) is 23.4. The van der Waals surface area contributed by atoms with E-state index in [1.165, 1.54) is 6.33 Å². The molecule has 0 amide bonds. The van der Waals surface area contributed by atoms with Crippen LogP contribution in [-0.4, -0.2) is 76.0 Å². The summed E-state index contributed by atoms with van der Waals surface area (Å²) in [5.74, 6) is 1.77. The number of imidazole rings is 1. The van der Waals surface area contributed by atoms with Crippen LogP contribution in [-0.2, 0) is 17.8 Å². The van der Waals surface area contributed by atoms with Crippen molar-refractivity contribution in [3.8, 4) is 0 Å². The Hall–Kier alpha value is -2.73. The maximum atomic E-state index is 13.1. The topological polar surface area (TPSA) is 85.3 Å². The van der Waals surface area contributed by atoms with Crippen molar-refractivity contribution < 1.29 is 22.3 Å². The first-order valence-corrected chi connectivity index (χ1v) is 10.9. The maximum Gasteiger partial charge on any atom is 0.406 e. The van der Waals surface area contributed by atoms with E-state index < -0.39 is 12.7 Å². The number of hydrogen-bond acceptors (Lipinski definition) is 8. The lowest BCUT2D eigenvalue weighted by Crippen LogP contribution is -2.33. The molecule has 33 heavy (non-hydrogen) atoms. The Labute approximate surface area is 189 Å². The van der Waals surface area contributed by atoms with Crippen LogP contribution in [0.15, 0.2) is 17.0 Å². The molecule has 0 saturated carbocycles. The fourth-order valence-corrected chi connectivity index (χ4v) is 4.10. The van der Waals surface area contributed by atoms with E-state index in [4.69, 9.17) is 14.1 Å². The van der Waals surface area contributed by atoms with Crippen LogP contribution in [0.1, 0.15) is 36.2 Å². The Morgan fingerprint density at radius 1 is 1.21 bits per heavy atom. The minimum absolute atomic E-state index is 0.0495. The van der Waals surface area contributed by atoms with E-state index in [0.717, 1.165) is 36.2 Å². The minimum atomic E-state index is -4.37. The van der Waals surface area contributed by atoms with Gasteiger partial charge >= 0.3 is 6.18 Å². The lowest BCUT2D eigenvalue weighted by molar-refractivity contribution is -0.140. The first-order chi connectivity index (χ1) is 15.7. The van der Waals surface area contributed by atoms with Crippen LogP contribution in [0, 0.1) is 6.92 Å². The summed E-state index contributed by atoms with van der Waals surface area (Å²) in [7, 11) is 3.43. The van der Waals surface area contributed by atoms with Crippen LogP contribution in [0.2, 0.25) is 0 Å². The number of ether oxygens (including phenoxy) is 1. The smallest absolute Gasteiger partial charge is 0.406 e. The number of likely N-dealkylation sites (tertiary alicyclic amines) is 1. The highest BCUT2D eigenvalue weighted by molar-refractivity contribution is 5.83. The summed E-state index contributed by atoms with van der Waals surface area (Å²) in [5, 5.41) is 0. The van der Waals surface area contributed by atoms with Crippen molar-refractivity contribution in [3.63, 3.8) is 0 Å². The number of nitrogens with zero attached hydrogens (tertiary/aromatic N) is 7. The van der Waals surface area contributed by atoms with Gasteiger partial charge in [0.15, 0.2) is 22.9 Å². The Balaban J connectivity index is 1.57. The standard InChI is InChI=1S/C21H28F3N7O2/c1-14-26-16(11-33-14)10-30-6-4-15(5-7-30)18-27-19(29(2)8-9-32-3)17-20(28-18)31(13-25-17)12-21(22,23)24/h11,13,15H,4-10,12H2,1-3H3. The third-order valence-electron chi connectivity index (χ3n) is 5.81. The second-order valence-electron chi connectivity index (χ2n) is 8.39. The van der Waals surface area contributed by atoms with Crippen molar-refractivity contribution in [3.05, 3.63) is 30.0 Å². The first-order valence-electron chi connectivity index (χ1n) is 10.9. The van der Waals surface area contributed by atoms with Crippen LogP contribution in [0.4, 0.5) is 19.0 Å². The van der Waals surface area contributed by atoms with Crippen LogP contribution < -0.4 is 4.90 Å². The molecule has 0 aromatic carbocycles. The molecule has 0 bridgehead atoms. The molecule has 12 heteroatoms. The highest BCUT2D eigenvalue weighted by Gasteiger charge is 2.31. The van der Waals surface area contributed by atoms with E-state index in [0.29, 0.717) is 42.7 Å². The third kappa shape index (κ3) is 5.61. The number of piperidine rings is 1. The van der Waals surface area contributed by atoms with Gasteiger partial charge in [0.2, 0.25) is 0 Å². The van der Waals surface area contributed by atoms with Crippen LogP contribution in [0.5, 0.6) is 0 Å². The van der Waals surface area contributed by atoms with Crippen molar-refractivity contribution >= 4 is 17.0 Å². The van der Waals surface area contributed by atoms with Gasteiger partial charge in [0.05, 0.1) is 18.6 Å². The van der Waals surface area contributed by atoms with Gasteiger partial charge < -0.3 is 18.6 Å². The zero-order valence-electron chi connectivity index (χ0n) is 19.0. The molecule has 0 N–H and O–H groups in total. The summed E-state index contributed by atoms with van der Waals surface area (Å²) < 4.78 is 50.8. The molecule has 9 nitrogen and oxygen atoms in total. The van der Waals surface area contributed by atoms with Gasteiger partial charge in [0.25, 0.3) is 0 Å². The van der Waals surface area contributed by atoms with Gasteiger partial charge in [-0.3, -0.25) is 4.90 Å². The van der Waals surface area contributed by atoms with Crippen molar-refractivity contribution in [1.29, 1.82) is 0 Å². The number of fused-ring (bicyclic) bond motifs is 1. The number of methoxy groups -OCH3 is 1. The molecule has 0 atom stereocenters. The number of likely N-dealkylation sites (N-methyl/N-ethyl adjacent to an activating group) is 1. The third-order valence-corrected chi connectivity index (χ3v) is 5.81. The number of hydrogen-bond donors (Lipinski definition) is 0. The lowest BCUT2D eigenvalue weighted by atomic mass is 9.95. The van der Waals surface area contributed by atoms with Crippen LogP contribution in [0.25, 0.3) is 11.2 Å². The molecule has 1 fully saturated rings. The van der Waals surface area contributed by atoms with Gasteiger partial charge in [-0.15, -0.1) is 0 Å². The molecule has 3 aromatic rings. The highest BCUT2D eigenvalue weighted by atomic mass is 19.4. The average molecular weight is 467 g/mol. The number of oxazole rings is 1. The molecule has 0 spiro atoms. The van der Waals surface area contributed by atoms with Crippen molar-refractivity contribution in [2.24, 2.45) is 0 Å². The quantitative estimate of drug-likeness (QED) is 0.500. The number of aromatic nitrogens is 5. The predicted molar refractivity (Wildman–Crippen MR) is 115 cm³/mol. The summed E-state index contributed by atoms with van der Waals surface area (Å²) in [6, 6.07) is 0. The zero-order valence-corrected chi connectivity index (χ0v) is 19.0. The normalized spacial score (nSPS) is 16.1. The summed E-state index contributed by atoms with van der Waals surface area (Å²) in [5.41, 5.74) is 1.46. The molecule has 0 radical (unpaired) electrons. The van der Waals surface area contributed by atoms with Gasteiger partial charge in [-0.05, 0) is 25.9 Å². The number of alkyl halides is 3. The molecule has 4 heterocycles. The van der Waals surface area contributed by atoms with E-state index >= 15 is 0 Å². The molecule has 1 aliphatic rings. The monoisotopic (exact) mass is 467 g/mol. The van der Waals surface area contributed by atoms with Crippen LogP contribution in [0.3, 0.4) is 0 Å². The van der Waals surface area contributed by atoms with E-state index in [-0.39, 0.29) is 11.6 Å². The second kappa shape index (κ2) is 9.64. The molecule has 0 unspecified atom stereocenters. The predicted octanol–water partition coefficient (Wildman–Crippen LogP) is 3.15. The highest BCUT2D eigenvalue weighted by Crippen LogP contribution is 2.31. The Bertz CT molecular complexity index is 1070. The van der Waals surface area contributed by atoms with E-state index in [9.17, 15) is 13.2 Å². The fourth-order valence-electron chi connectivity index (χ4n) is 4.10. The van der Waals surface area contributed by atoms with E-state index in [1.54, 1.807) is 13.4 Å². The number of anilines is 1. The molecule has 3 aromatic heterocycles. The summed E-state index contributed by atoms with van der Waals surface area (Å²) in [6.45, 7) is 3.99. The van der Waals surface area contributed by atoms with Gasteiger partial charge in [0, 0.05) is 40.1 Å². The largest absolute Gasteiger partial charge is 0.449 e. The van der Waals surface area contributed by atoms with E-state index in [2.05, 4.69) is 19.9 Å². The SMILES string of the molecule is COCCN(C)c1nc(C2CCN(Cc3coc(C)n3)CC2)nc2c1ncn2CC(F)(F)F. The van der Waals surface area contributed by atoms with Gasteiger partial charge in [-0.25, -0.2) is 19.9 Å². The van der Waals surface area contributed by atoms with E-state index in [1.807, 2.05) is 18.9 Å². The summed E-state index contributed by atoms with van der Waals surface area (Å²) >= 11 is 0. The molecule has 0 aliphatic carbocycles. The van der Waals surface area contributed by atoms with Crippen molar-refractivity contribution in [2.75, 3.05) is 45.3 Å². The molecular formula is C21H28F3N7O2. The maximum absolute atomic E-state index is 13.1. The number of aryl methyl sites for hydroxylation is 1. The molecule has 1 aliphatic heterocycles. The van der Waals surface area contributed by atoms with Gasteiger partial charge in [-0.2, -0.15) is 13.2 Å². The molecular weight excluding hydrogens is 439 g/mol. The Morgan fingerprint density at radius 3 is 2.61 bits per heavy atom.